The molecule has 0 aliphatic heterocycles. The molecule has 0 heterocycles. The Balaban J connectivity index is 1.68. The van der Waals surface area contributed by atoms with E-state index in [0.717, 1.165) is 32.2 Å². The Hall–Kier alpha value is -0.420. The molecule has 0 aromatic carbocycles. The van der Waals surface area contributed by atoms with Gasteiger partial charge in [0.15, 0.2) is 0 Å². The fourth-order valence-electron chi connectivity index (χ4n) is 3.90. The highest BCUT2D eigenvalue weighted by Gasteiger charge is 2.32. The van der Waals surface area contributed by atoms with E-state index in [0.29, 0.717) is 10.8 Å². The third-order valence-electron chi connectivity index (χ3n) is 5.36. The van der Waals surface area contributed by atoms with Gasteiger partial charge in [0.05, 0.1) is 0 Å². The molecule has 5 heteroatoms. The lowest BCUT2D eigenvalue weighted by atomic mass is 9.86. The Morgan fingerprint density at radius 3 is 2.21 bits per heavy atom. The lowest BCUT2D eigenvalue weighted by molar-refractivity contribution is 0.0489. The lowest BCUT2D eigenvalue weighted by Crippen LogP contribution is -2.47. The second-order valence-corrected chi connectivity index (χ2v) is 9.80. The van der Waals surface area contributed by atoms with Crippen LogP contribution in [-0.4, -0.2) is 41.3 Å². The molecule has 140 valence electrons. The van der Waals surface area contributed by atoms with Gasteiger partial charge in [-0.2, -0.15) is 11.8 Å². The van der Waals surface area contributed by atoms with Gasteiger partial charge in [-0.25, -0.2) is 4.79 Å². The van der Waals surface area contributed by atoms with Crippen LogP contribution in [-0.2, 0) is 4.74 Å². The number of nitrogens with one attached hydrogen (secondary N) is 2. The summed E-state index contributed by atoms with van der Waals surface area (Å²) in [5, 5.41) is 6.86. The highest BCUT2D eigenvalue weighted by molar-refractivity contribution is 8.00. The van der Waals surface area contributed by atoms with E-state index in [1.807, 2.05) is 20.8 Å². The van der Waals surface area contributed by atoms with E-state index in [9.17, 15) is 4.79 Å². The van der Waals surface area contributed by atoms with Gasteiger partial charge in [-0.15, -0.1) is 0 Å². The Morgan fingerprint density at radius 1 is 1.08 bits per heavy atom. The second kappa shape index (κ2) is 8.79. The monoisotopic (exact) mass is 356 g/mol. The molecule has 4 nitrogen and oxygen atoms in total. The molecule has 2 N–H and O–H groups in total. The summed E-state index contributed by atoms with van der Waals surface area (Å²) < 4.78 is 5.82. The van der Waals surface area contributed by atoms with Gasteiger partial charge >= 0.3 is 6.09 Å². The molecular weight excluding hydrogens is 320 g/mol. The van der Waals surface area contributed by atoms with Crippen LogP contribution in [0, 0.1) is 0 Å². The first kappa shape index (κ1) is 19.9. The van der Waals surface area contributed by atoms with Crippen molar-refractivity contribution in [1.82, 2.24) is 10.6 Å². The fourth-order valence-corrected chi connectivity index (χ4v) is 4.82. The number of hydrogen-bond acceptors (Lipinski definition) is 4. The van der Waals surface area contributed by atoms with E-state index in [1.54, 1.807) is 0 Å². The molecule has 0 aromatic heterocycles. The number of hydrogen-bond donors (Lipinski definition) is 2. The van der Waals surface area contributed by atoms with Crippen molar-refractivity contribution in [2.45, 2.75) is 101 Å². The highest BCUT2D eigenvalue weighted by Crippen LogP contribution is 2.38. The Bertz CT molecular complexity index is 395. The minimum atomic E-state index is -0.422. The summed E-state index contributed by atoms with van der Waals surface area (Å²) in [6, 6.07) is 0.870. The van der Waals surface area contributed by atoms with Crippen molar-refractivity contribution in [2.75, 3.05) is 12.8 Å². The molecule has 0 unspecified atom stereocenters. The van der Waals surface area contributed by atoms with E-state index in [1.165, 1.54) is 32.1 Å². The number of carbonyl (C=O) groups excluding carboxylic acids is 1. The van der Waals surface area contributed by atoms with Crippen molar-refractivity contribution >= 4 is 17.9 Å². The Labute approximate surface area is 152 Å². The van der Waals surface area contributed by atoms with Crippen LogP contribution < -0.4 is 10.6 Å². The van der Waals surface area contributed by atoms with Gasteiger partial charge in [0, 0.05) is 23.4 Å². The maximum Gasteiger partial charge on any atom is 0.407 e. The summed E-state index contributed by atoms with van der Waals surface area (Å²) in [5.74, 6) is 0. The van der Waals surface area contributed by atoms with Crippen LogP contribution in [0.25, 0.3) is 0 Å². The average Bonchev–Trinajstić information content (AvgIpc) is 2.53. The molecule has 0 aromatic rings. The number of thioether (sulfide) groups is 1. The predicted octanol–water partition coefficient (Wildman–Crippen LogP) is 4.48. The molecule has 2 rings (SSSR count). The number of amides is 1. The molecule has 2 aliphatic carbocycles. The first-order chi connectivity index (χ1) is 11.3. The lowest BCUT2D eigenvalue weighted by Gasteiger charge is -2.38. The molecular formula is C19H36N2O2S. The SMILES string of the molecule is CSC1(CNC2CCC(NC(=O)OC(C)(C)C)CC2)CCCCC1. The van der Waals surface area contributed by atoms with Crippen molar-refractivity contribution < 1.29 is 9.53 Å². The minimum Gasteiger partial charge on any atom is -0.444 e. The zero-order chi connectivity index (χ0) is 17.6. The van der Waals surface area contributed by atoms with Gasteiger partial charge in [0.25, 0.3) is 0 Å². The van der Waals surface area contributed by atoms with Crippen LogP contribution in [0.15, 0.2) is 0 Å². The molecule has 0 radical (unpaired) electrons. The zero-order valence-corrected chi connectivity index (χ0v) is 16.8. The third-order valence-corrected chi connectivity index (χ3v) is 6.78. The Kier molecular flexibility index (Phi) is 7.29. The normalized spacial score (nSPS) is 27.5. The van der Waals surface area contributed by atoms with Crippen molar-refractivity contribution in [1.29, 1.82) is 0 Å². The topological polar surface area (TPSA) is 50.4 Å². The fraction of sp³-hybridized carbons (Fsp3) is 0.947. The van der Waals surface area contributed by atoms with Crippen molar-refractivity contribution in [3.63, 3.8) is 0 Å². The van der Waals surface area contributed by atoms with Gasteiger partial charge in [0.1, 0.15) is 5.60 Å². The van der Waals surface area contributed by atoms with E-state index in [2.05, 4.69) is 28.7 Å². The van der Waals surface area contributed by atoms with E-state index < -0.39 is 5.60 Å². The molecule has 0 atom stereocenters. The van der Waals surface area contributed by atoms with Gasteiger partial charge in [0.2, 0.25) is 0 Å². The first-order valence-corrected chi connectivity index (χ1v) is 10.8. The summed E-state index contributed by atoms with van der Waals surface area (Å²) in [6.45, 7) is 6.85. The van der Waals surface area contributed by atoms with Gasteiger partial charge in [-0.3, -0.25) is 0 Å². The second-order valence-electron chi connectivity index (χ2n) is 8.52. The van der Waals surface area contributed by atoms with Crippen molar-refractivity contribution in [3.05, 3.63) is 0 Å². The van der Waals surface area contributed by atoms with E-state index in [-0.39, 0.29) is 12.1 Å². The predicted molar refractivity (Wildman–Crippen MR) is 103 cm³/mol. The number of ether oxygens (including phenoxy) is 1. The molecule has 1 amide bonds. The van der Waals surface area contributed by atoms with Crippen LogP contribution in [0.2, 0.25) is 0 Å². The standard InChI is InChI=1S/C19H36N2O2S/c1-18(2,3)23-17(22)21-16-10-8-15(9-11-16)20-14-19(24-4)12-6-5-7-13-19/h15-16,20H,5-14H2,1-4H3,(H,21,22). The van der Waals surface area contributed by atoms with Gasteiger partial charge in [-0.05, 0) is 65.6 Å². The van der Waals surface area contributed by atoms with Gasteiger partial charge < -0.3 is 15.4 Å². The van der Waals surface area contributed by atoms with Crippen molar-refractivity contribution in [2.24, 2.45) is 0 Å². The Morgan fingerprint density at radius 2 is 1.67 bits per heavy atom. The largest absolute Gasteiger partial charge is 0.444 e. The van der Waals surface area contributed by atoms with Crippen LogP contribution in [0.5, 0.6) is 0 Å². The molecule has 24 heavy (non-hydrogen) atoms. The smallest absolute Gasteiger partial charge is 0.407 e. The maximum atomic E-state index is 11.9. The minimum absolute atomic E-state index is 0.266. The maximum absolute atomic E-state index is 11.9. The third kappa shape index (κ3) is 6.47. The summed E-state index contributed by atoms with van der Waals surface area (Å²) in [7, 11) is 0. The molecule has 0 saturated heterocycles. The quantitative estimate of drug-likeness (QED) is 0.763. The zero-order valence-electron chi connectivity index (χ0n) is 16.0. The molecule has 2 fully saturated rings. The van der Waals surface area contributed by atoms with Crippen LogP contribution in [0.3, 0.4) is 0 Å². The summed E-state index contributed by atoms with van der Waals surface area (Å²) in [4.78, 5) is 11.9. The van der Waals surface area contributed by atoms with Crippen LogP contribution in [0.1, 0.15) is 78.6 Å². The van der Waals surface area contributed by atoms with Crippen molar-refractivity contribution in [3.8, 4) is 0 Å². The van der Waals surface area contributed by atoms with Crippen LogP contribution >= 0.6 is 11.8 Å². The highest BCUT2D eigenvalue weighted by atomic mass is 32.2. The first-order valence-electron chi connectivity index (χ1n) is 9.60. The molecule has 2 saturated carbocycles. The van der Waals surface area contributed by atoms with Gasteiger partial charge in [-0.1, -0.05) is 19.3 Å². The number of rotatable bonds is 5. The van der Waals surface area contributed by atoms with Crippen LogP contribution in [0.4, 0.5) is 4.79 Å². The average molecular weight is 357 g/mol. The molecule has 0 spiro atoms. The number of carbonyl (C=O) groups is 1. The van der Waals surface area contributed by atoms with E-state index in [4.69, 9.17) is 4.74 Å². The summed E-state index contributed by atoms with van der Waals surface area (Å²) in [5.41, 5.74) is -0.422. The van der Waals surface area contributed by atoms with E-state index >= 15 is 0 Å². The molecule has 0 bridgehead atoms. The molecule has 2 aliphatic rings. The summed E-state index contributed by atoms with van der Waals surface area (Å²) in [6.07, 6.45) is 13.3. The summed E-state index contributed by atoms with van der Waals surface area (Å²) >= 11 is 2.06. The number of alkyl carbamates (subject to hydrolysis) is 1.